The summed E-state index contributed by atoms with van der Waals surface area (Å²) in [7, 11) is 0. The number of benzene rings is 8. The van der Waals surface area contributed by atoms with Crippen molar-refractivity contribution in [3.8, 4) is 44.5 Å². The van der Waals surface area contributed by atoms with Crippen LogP contribution in [0.3, 0.4) is 0 Å². The Kier molecular flexibility index (Phi) is 7.53. The van der Waals surface area contributed by atoms with E-state index in [4.69, 9.17) is 4.42 Å². The third-order valence-electron chi connectivity index (χ3n) is 9.51. The maximum Gasteiger partial charge on any atom is 0.145 e. The molecule has 0 saturated carbocycles. The number of hydrogen-bond donors (Lipinski definition) is 0. The van der Waals surface area contributed by atoms with Crippen molar-refractivity contribution >= 4 is 39.0 Å². The molecule has 0 bridgehead atoms. The molecule has 0 amide bonds. The van der Waals surface area contributed by atoms with Gasteiger partial charge >= 0.3 is 0 Å². The van der Waals surface area contributed by atoms with E-state index >= 15 is 0 Å². The number of anilines is 3. The molecule has 2 heteroatoms. The van der Waals surface area contributed by atoms with E-state index in [1.54, 1.807) is 0 Å². The van der Waals surface area contributed by atoms with Crippen molar-refractivity contribution in [1.29, 1.82) is 0 Å². The minimum Gasteiger partial charge on any atom is -0.455 e. The molecule has 0 aliphatic rings. The Labute approximate surface area is 292 Å². The largest absolute Gasteiger partial charge is 0.455 e. The van der Waals surface area contributed by atoms with E-state index in [9.17, 15) is 0 Å². The van der Waals surface area contributed by atoms with Crippen LogP contribution >= 0.6 is 0 Å². The highest BCUT2D eigenvalue weighted by Crippen LogP contribution is 2.47. The number of hydrogen-bond acceptors (Lipinski definition) is 2. The minimum atomic E-state index is 0.878. The van der Waals surface area contributed by atoms with E-state index in [-0.39, 0.29) is 0 Å². The Bertz CT molecular complexity index is 2450. The van der Waals surface area contributed by atoms with E-state index in [0.717, 1.165) is 50.1 Å². The lowest BCUT2D eigenvalue weighted by atomic mass is 9.96. The van der Waals surface area contributed by atoms with E-state index in [1.807, 2.05) is 6.07 Å². The second-order valence-corrected chi connectivity index (χ2v) is 12.5. The molecule has 9 rings (SSSR count). The van der Waals surface area contributed by atoms with Crippen LogP contribution in [-0.2, 0) is 0 Å². The van der Waals surface area contributed by atoms with Gasteiger partial charge in [-0.1, -0.05) is 158 Å². The summed E-state index contributed by atoms with van der Waals surface area (Å²) < 4.78 is 6.74. The minimum absolute atomic E-state index is 0.878. The molecule has 2 nitrogen and oxygen atoms in total. The zero-order valence-corrected chi connectivity index (χ0v) is 27.4. The molecule has 0 spiro atoms. The van der Waals surface area contributed by atoms with Crippen molar-refractivity contribution in [2.45, 2.75) is 0 Å². The molecule has 0 fully saturated rings. The first-order valence-electron chi connectivity index (χ1n) is 17.0. The van der Waals surface area contributed by atoms with Gasteiger partial charge in [0.1, 0.15) is 11.2 Å². The van der Waals surface area contributed by atoms with Crippen molar-refractivity contribution in [2.24, 2.45) is 0 Å². The number of fused-ring (bicyclic) bond motifs is 3. The Morgan fingerprint density at radius 2 is 0.700 bits per heavy atom. The fourth-order valence-electron chi connectivity index (χ4n) is 7.00. The molecule has 1 heterocycles. The highest BCUT2D eigenvalue weighted by atomic mass is 16.3. The normalized spacial score (nSPS) is 11.2. The molecule has 9 aromatic rings. The van der Waals surface area contributed by atoms with Crippen LogP contribution in [0.2, 0.25) is 0 Å². The maximum atomic E-state index is 6.74. The molecule has 0 radical (unpaired) electrons. The monoisotopic (exact) mass is 639 g/mol. The molecule has 0 unspecified atom stereocenters. The molecule has 1 aromatic heterocycles. The van der Waals surface area contributed by atoms with Gasteiger partial charge in [-0.3, -0.25) is 0 Å². The number of furan rings is 1. The van der Waals surface area contributed by atoms with Crippen LogP contribution in [0.15, 0.2) is 205 Å². The summed E-state index contributed by atoms with van der Waals surface area (Å²) in [6, 6.07) is 71.0. The topological polar surface area (TPSA) is 16.4 Å². The fraction of sp³-hybridized carbons (Fsp3) is 0. The van der Waals surface area contributed by atoms with Crippen molar-refractivity contribution < 1.29 is 4.42 Å². The van der Waals surface area contributed by atoms with Crippen molar-refractivity contribution in [3.05, 3.63) is 200 Å². The van der Waals surface area contributed by atoms with Gasteiger partial charge in [0, 0.05) is 27.7 Å². The number of nitrogens with zero attached hydrogens (tertiary/aromatic N) is 1. The van der Waals surface area contributed by atoms with Gasteiger partial charge in [-0.15, -0.1) is 0 Å². The first-order valence-corrected chi connectivity index (χ1v) is 17.0. The van der Waals surface area contributed by atoms with Gasteiger partial charge in [-0.05, 0) is 81.4 Å². The van der Waals surface area contributed by atoms with Crippen LogP contribution in [0.1, 0.15) is 0 Å². The predicted molar refractivity (Wildman–Crippen MR) is 210 cm³/mol. The van der Waals surface area contributed by atoms with Crippen molar-refractivity contribution in [3.63, 3.8) is 0 Å². The Hall–Kier alpha value is -6.64. The average Bonchev–Trinajstić information content (AvgIpc) is 3.58. The highest BCUT2D eigenvalue weighted by Gasteiger charge is 2.23. The Morgan fingerprint density at radius 3 is 1.20 bits per heavy atom. The first-order chi connectivity index (χ1) is 24.8. The van der Waals surface area contributed by atoms with Crippen LogP contribution in [0.25, 0.3) is 66.4 Å². The quantitative estimate of drug-likeness (QED) is 0.173. The van der Waals surface area contributed by atoms with E-state index < -0.39 is 0 Å². The van der Waals surface area contributed by atoms with Gasteiger partial charge in [-0.25, -0.2) is 0 Å². The van der Waals surface area contributed by atoms with Gasteiger partial charge in [-0.2, -0.15) is 0 Å². The Morgan fingerprint density at radius 1 is 0.300 bits per heavy atom. The van der Waals surface area contributed by atoms with Crippen LogP contribution in [0, 0.1) is 0 Å². The summed E-state index contributed by atoms with van der Waals surface area (Å²) in [5.74, 6) is 0. The van der Waals surface area contributed by atoms with E-state index in [1.165, 1.54) is 33.4 Å². The summed E-state index contributed by atoms with van der Waals surface area (Å²) in [5.41, 5.74) is 14.2. The van der Waals surface area contributed by atoms with Gasteiger partial charge in [0.05, 0.1) is 5.69 Å². The number of rotatable bonds is 7. The summed E-state index contributed by atoms with van der Waals surface area (Å²) in [5, 5.41) is 2.22. The van der Waals surface area contributed by atoms with Gasteiger partial charge in [0.25, 0.3) is 0 Å². The Balaban J connectivity index is 1.25. The van der Waals surface area contributed by atoms with Crippen LogP contribution < -0.4 is 4.90 Å². The molecular weight excluding hydrogens is 607 g/mol. The summed E-state index contributed by atoms with van der Waals surface area (Å²) >= 11 is 0. The molecule has 236 valence electrons. The lowest BCUT2D eigenvalue weighted by molar-refractivity contribution is 0.670. The third-order valence-corrected chi connectivity index (χ3v) is 9.51. The van der Waals surface area contributed by atoms with Crippen molar-refractivity contribution in [2.75, 3.05) is 4.90 Å². The molecule has 8 aromatic carbocycles. The third kappa shape index (κ3) is 5.43. The fourth-order valence-corrected chi connectivity index (χ4v) is 7.00. The second kappa shape index (κ2) is 12.8. The van der Waals surface area contributed by atoms with Gasteiger partial charge in [0.15, 0.2) is 0 Å². The number of para-hydroxylation sites is 1. The average molecular weight is 640 g/mol. The molecule has 0 saturated heterocycles. The standard InChI is InChI=1S/C48H33NO/c1-4-12-34(13-5-1)37-20-22-40(23-21-37)47-45(33-32-44-43-18-10-11-19-46(43)50-48(44)47)49(41-28-24-38(25-29-41)35-14-6-2-7-15-35)42-30-26-39(27-31-42)36-16-8-3-9-17-36/h1-33H. The van der Waals surface area contributed by atoms with Crippen LogP contribution in [0.4, 0.5) is 17.1 Å². The lowest BCUT2D eigenvalue weighted by Crippen LogP contribution is -2.11. The second-order valence-electron chi connectivity index (χ2n) is 12.5. The van der Waals surface area contributed by atoms with E-state index in [0.29, 0.717) is 0 Å². The summed E-state index contributed by atoms with van der Waals surface area (Å²) in [4.78, 5) is 2.36. The zero-order valence-electron chi connectivity index (χ0n) is 27.4. The van der Waals surface area contributed by atoms with Gasteiger partial charge in [0.2, 0.25) is 0 Å². The summed E-state index contributed by atoms with van der Waals surface area (Å²) in [6.07, 6.45) is 0. The van der Waals surface area contributed by atoms with Crippen molar-refractivity contribution in [1.82, 2.24) is 0 Å². The maximum absolute atomic E-state index is 6.74. The first kappa shape index (κ1) is 29.5. The van der Waals surface area contributed by atoms with Crippen LogP contribution in [0.5, 0.6) is 0 Å². The summed E-state index contributed by atoms with van der Waals surface area (Å²) in [6.45, 7) is 0. The van der Waals surface area contributed by atoms with Crippen LogP contribution in [-0.4, -0.2) is 0 Å². The molecule has 0 aliphatic heterocycles. The van der Waals surface area contributed by atoms with E-state index in [2.05, 4.69) is 199 Å². The molecule has 0 atom stereocenters. The predicted octanol–water partition coefficient (Wildman–Crippen LogP) is 13.7. The lowest BCUT2D eigenvalue weighted by Gasteiger charge is -2.28. The molecular formula is C48H33NO. The SMILES string of the molecule is c1ccc(-c2ccc(-c3c(N(c4ccc(-c5ccccc5)cc4)c4ccc(-c5ccccc5)cc4)ccc4c3oc3ccccc34)cc2)cc1. The smallest absolute Gasteiger partial charge is 0.145 e. The highest BCUT2D eigenvalue weighted by molar-refractivity contribution is 6.13. The molecule has 0 aliphatic carbocycles. The molecule has 50 heavy (non-hydrogen) atoms. The van der Waals surface area contributed by atoms with Gasteiger partial charge < -0.3 is 9.32 Å². The zero-order chi connectivity index (χ0) is 33.3. The molecule has 0 N–H and O–H groups in total.